The number of ether oxygens (including phenoxy) is 2. The molecule has 0 radical (unpaired) electrons. The number of hydrogen-bond donors (Lipinski definition) is 0. The molecule has 1 aliphatic rings. The van der Waals surface area contributed by atoms with Crippen LogP contribution in [0.25, 0.3) is 0 Å². The number of esters is 2. The van der Waals surface area contributed by atoms with E-state index in [2.05, 4.69) is 0 Å². The standard InChI is InChI=1S/C17H20O5S3/c1-4-21-12(18)9-24-8-10-6-7-11-13(14(10)19)17(23-3)25-15(11)16(20)22-5-2/h8H,4-7,9H2,1-3H3/b10-8-. The Morgan fingerprint density at radius 3 is 2.56 bits per heavy atom. The number of carbonyl (C=O) groups is 3. The Morgan fingerprint density at radius 2 is 1.92 bits per heavy atom. The zero-order valence-corrected chi connectivity index (χ0v) is 16.8. The Kier molecular flexibility index (Phi) is 7.58. The maximum atomic E-state index is 12.8. The van der Waals surface area contributed by atoms with Gasteiger partial charge in [0.05, 0.1) is 28.7 Å². The lowest BCUT2D eigenvalue weighted by atomic mass is 9.89. The summed E-state index contributed by atoms with van der Waals surface area (Å²) in [5.74, 6) is -0.530. The van der Waals surface area contributed by atoms with E-state index in [9.17, 15) is 14.4 Å². The van der Waals surface area contributed by atoms with Gasteiger partial charge in [-0.3, -0.25) is 9.59 Å². The minimum Gasteiger partial charge on any atom is -0.465 e. The first-order valence-electron chi connectivity index (χ1n) is 7.91. The lowest BCUT2D eigenvalue weighted by Gasteiger charge is -2.16. The highest BCUT2D eigenvalue weighted by Gasteiger charge is 2.32. The summed E-state index contributed by atoms with van der Waals surface area (Å²) in [5, 5.41) is 1.74. The molecule has 0 atom stereocenters. The van der Waals surface area contributed by atoms with Crippen LogP contribution in [0.3, 0.4) is 0 Å². The maximum absolute atomic E-state index is 12.8. The fourth-order valence-electron chi connectivity index (χ4n) is 2.47. The van der Waals surface area contributed by atoms with Gasteiger partial charge in [-0.1, -0.05) is 0 Å². The number of ketones is 1. The van der Waals surface area contributed by atoms with Gasteiger partial charge >= 0.3 is 11.9 Å². The first-order valence-corrected chi connectivity index (χ1v) is 11.0. The van der Waals surface area contributed by atoms with Crippen LogP contribution in [0.1, 0.15) is 45.9 Å². The van der Waals surface area contributed by atoms with E-state index in [1.807, 2.05) is 6.26 Å². The molecule has 1 aromatic rings. The molecule has 0 unspecified atom stereocenters. The van der Waals surface area contributed by atoms with Crippen molar-refractivity contribution in [1.82, 2.24) is 0 Å². The SMILES string of the molecule is CCOC(=O)CS/C=C1/CCc2c(C(=O)OCC)sc(SC)c2C1=O. The molecule has 25 heavy (non-hydrogen) atoms. The quantitative estimate of drug-likeness (QED) is 0.390. The lowest BCUT2D eigenvalue weighted by molar-refractivity contribution is -0.139. The number of rotatable bonds is 7. The van der Waals surface area contributed by atoms with Gasteiger partial charge in [-0.05, 0) is 43.9 Å². The smallest absolute Gasteiger partial charge is 0.348 e. The van der Waals surface area contributed by atoms with E-state index in [1.54, 1.807) is 19.3 Å². The van der Waals surface area contributed by atoms with E-state index in [4.69, 9.17) is 9.47 Å². The molecule has 0 fully saturated rings. The number of hydrogen-bond acceptors (Lipinski definition) is 8. The summed E-state index contributed by atoms with van der Waals surface area (Å²) < 4.78 is 10.8. The van der Waals surface area contributed by atoms with Crippen molar-refractivity contribution in [3.05, 3.63) is 27.0 Å². The Hall–Kier alpha value is -1.25. The van der Waals surface area contributed by atoms with E-state index < -0.39 is 0 Å². The van der Waals surface area contributed by atoms with Crippen LogP contribution in [0.15, 0.2) is 15.2 Å². The van der Waals surface area contributed by atoms with E-state index in [1.165, 1.54) is 34.9 Å². The van der Waals surface area contributed by atoms with Crippen LogP contribution >= 0.6 is 34.9 Å². The van der Waals surface area contributed by atoms with Crippen molar-refractivity contribution in [2.75, 3.05) is 25.2 Å². The summed E-state index contributed by atoms with van der Waals surface area (Å²) in [6.07, 6.45) is 3.07. The van der Waals surface area contributed by atoms with Gasteiger partial charge in [-0.2, -0.15) is 0 Å². The van der Waals surface area contributed by atoms with Crippen molar-refractivity contribution >= 4 is 52.6 Å². The monoisotopic (exact) mass is 400 g/mol. The van der Waals surface area contributed by atoms with Gasteiger partial charge in [0.15, 0.2) is 5.78 Å². The van der Waals surface area contributed by atoms with E-state index >= 15 is 0 Å². The van der Waals surface area contributed by atoms with Crippen molar-refractivity contribution in [1.29, 1.82) is 0 Å². The maximum Gasteiger partial charge on any atom is 0.348 e. The summed E-state index contributed by atoms with van der Waals surface area (Å²) >= 11 is 4.06. The number of fused-ring (bicyclic) bond motifs is 1. The van der Waals surface area contributed by atoms with Gasteiger partial charge < -0.3 is 9.47 Å². The third kappa shape index (κ3) is 4.68. The van der Waals surface area contributed by atoms with Gasteiger partial charge in [-0.25, -0.2) is 4.79 Å². The largest absolute Gasteiger partial charge is 0.465 e. The Balaban J connectivity index is 2.21. The van der Waals surface area contributed by atoms with Crippen LogP contribution in [0.5, 0.6) is 0 Å². The Morgan fingerprint density at radius 1 is 1.20 bits per heavy atom. The Bertz CT molecular complexity index is 705. The van der Waals surface area contributed by atoms with Crippen LogP contribution in [0, 0.1) is 0 Å². The fourth-order valence-corrected chi connectivity index (χ4v) is 5.18. The molecule has 2 rings (SSSR count). The molecule has 1 aliphatic carbocycles. The summed E-state index contributed by atoms with van der Waals surface area (Å²) in [5.41, 5.74) is 2.09. The van der Waals surface area contributed by atoms with E-state index in [0.717, 1.165) is 9.77 Å². The molecule has 8 heteroatoms. The highest BCUT2D eigenvalue weighted by atomic mass is 32.2. The van der Waals surface area contributed by atoms with E-state index in [-0.39, 0.29) is 23.5 Å². The number of Topliss-reactive ketones (excluding diaryl/α,β-unsaturated/α-hetero) is 1. The fraction of sp³-hybridized carbons (Fsp3) is 0.471. The summed E-state index contributed by atoms with van der Waals surface area (Å²) in [4.78, 5) is 36.9. The van der Waals surface area contributed by atoms with E-state index in [0.29, 0.717) is 42.1 Å². The third-order valence-electron chi connectivity index (χ3n) is 3.52. The zero-order valence-electron chi connectivity index (χ0n) is 14.4. The van der Waals surface area contributed by atoms with Gasteiger partial charge in [0.1, 0.15) is 4.88 Å². The van der Waals surface area contributed by atoms with Crippen molar-refractivity contribution in [2.45, 2.75) is 30.9 Å². The summed E-state index contributed by atoms with van der Waals surface area (Å²) in [7, 11) is 0. The average molecular weight is 401 g/mol. The first-order chi connectivity index (χ1) is 12.0. The van der Waals surface area contributed by atoms with Crippen molar-refractivity contribution in [2.24, 2.45) is 0 Å². The Labute approximate surface area is 159 Å². The molecule has 0 aliphatic heterocycles. The molecule has 0 N–H and O–H groups in total. The molecule has 1 heterocycles. The third-order valence-corrected chi connectivity index (χ3v) is 6.70. The predicted octanol–water partition coefficient (Wildman–Crippen LogP) is 3.96. The second kappa shape index (κ2) is 9.45. The predicted molar refractivity (Wildman–Crippen MR) is 102 cm³/mol. The number of allylic oxidation sites excluding steroid dienone is 1. The minimum absolute atomic E-state index is 0.0613. The molecule has 0 bridgehead atoms. The molecular weight excluding hydrogens is 380 g/mol. The lowest BCUT2D eigenvalue weighted by Crippen LogP contribution is -2.16. The molecule has 1 aromatic heterocycles. The van der Waals surface area contributed by atoms with Gasteiger partial charge in [-0.15, -0.1) is 34.9 Å². The highest BCUT2D eigenvalue weighted by molar-refractivity contribution is 8.02. The molecule has 0 saturated heterocycles. The molecule has 0 aromatic carbocycles. The molecule has 0 saturated carbocycles. The molecule has 0 spiro atoms. The van der Waals surface area contributed by atoms with Crippen molar-refractivity contribution in [3.8, 4) is 0 Å². The topological polar surface area (TPSA) is 69.7 Å². The second-order valence-corrected chi connectivity index (χ2v) is 8.04. The van der Waals surface area contributed by atoms with Gasteiger partial charge in [0.25, 0.3) is 0 Å². The second-order valence-electron chi connectivity index (χ2n) is 5.09. The molecule has 5 nitrogen and oxygen atoms in total. The van der Waals surface area contributed by atoms with Crippen LogP contribution in [-0.4, -0.2) is 42.9 Å². The minimum atomic E-state index is -0.360. The van der Waals surface area contributed by atoms with Crippen LogP contribution in [0.4, 0.5) is 0 Å². The number of thiophene rings is 1. The summed E-state index contributed by atoms with van der Waals surface area (Å²) in [6, 6.07) is 0. The first kappa shape index (κ1) is 20.1. The van der Waals surface area contributed by atoms with Crippen LogP contribution in [0.2, 0.25) is 0 Å². The van der Waals surface area contributed by atoms with Crippen molar-refractivity contribution in [3.63, 3.8) is 0 Å². The summed E-state index contributed by atoms with van der Waals surface area (Å²) in [6.45, 7) is 4.18. The number of carbonyl (C=O) groups excluding carboxylic acids is 3. The molecule has 136 valence electrons. The molecule has 0 amide bonds. The highest BCUT2D eigenvalue weighted by Crippen LogP contribution is 2.41. The van der Waals surface area contributed by atoms with Gasteiger partial charge in [0, 0.05) is 5.57 Å². The van der Waals surface area contributed by atoms with Crippen LogP contribution in [-0.2, 0) is 20.7 Å². The van der Waals surface area contributed by atoms with Gasteiger partial charge in [0.2, 0.25) is 0 Å². The molecular formula is C17H20O5S3. The number of thioether (sulfide) groups is 2. The van der Waals surface area contributed by atoms with Crippen LogP contribution < -0.4 is 0 Å². The van der Waals surface area contributed by atoms with Crippen molar-refractivity contribution < 1.29 is 23.9 Å². The average Bonchev–Trinajstić information content (AvgIpc) is 2.97. The normalized spacial score (nSPS) is 15.2. The zero-order chi connectivity index (χ0) is 18.4.